The number of nitriles is 1. The topological polar surface area (TPSA) is 105 Å². The van der Waals surface area contributed by atoms with Gasteiger partial charge in [0.25, 0.3) is 0 Å². The van der Waals surface area contributed by atoms with Crippen LogP contribution in [-0.4, -0.2) is 28.2 Å². The van der Waals surface area contributed by atoms with Crippen LogP contribution in [0.5, 0.6) is 0 Å². The number of nitrogen functional groups attached to an aromatic ring is 1. The number of anilines is 1. The molecule has 0 fully saturated rings. The minimum atomic E-state index is -0.0903. The Labute approximate surface area is 132 Å². The summed E-state index contributed by atoms with van der Waals surface area (Å²) < 4.78 is 0. The maximum atomic E-state index is 11.7. The van der Waals surface area contributed by atoms with Crippen molar-refractivity contribution in [3.05, 3.63) is 47.7 Å². The highest BCUT2D eigenvalue weighted by Crippen LogP contribution is 2.15. The molecule has 1 heterocycles. The Morgan fingerprint density at radius 1 is 1.36 bits per heavy atom. The molecule has 0 aliphatic heterocycles. The number of nitrogens with two attached hydrogens (primary N) is 1. The number of carbonyl (C=O) groups is 1. The van der Waals surface area contributed by atoms with Crippen LogP contribution in [0.1, 0.15) is 11.1 Å². The van der Waals surface area contributed by atoms with Gasteiger partial charge >= 0.3 is 0 Å². The van der Waals surface area contributed by atoms with E-state index in [1.807, 2.05) is 36.4 Å². The highest BCUT2D eigenvalue weighted by atomic mass is 32.2. The van der Waals surface area contributed by atoms with Crippen molar-refractivity contribution in [3.63, 3.8) is 0 Å². The Hall–Kier alpha value is -2.59. The molecular weight excluding hydrogens is 298 g/mol. The monoisotopic (exact) mass is 313 g/mol. The Kier molecular flexibility index (Phi) is 5.74. The van der Waals surface area contributed by atoms with E-state index in [2.05, 4.69) is 15.3 Å². The van der Waals surface area contributed by atoms with Gasteiger partial charge in [0.2, 0.25) is 5.91 Å². The summed E-state index contributed by atoms with van der Waals surface area (Å²) in [7, 11) is 0. The predicted molar refractivity (Wildman–Crippen MR) is 85.0 cm³/mol. The number of aromatic nitrogens is 2. The fraction of sp³-hybridized carbons (Fsp3) is 0.200. The molecule has 1 aromatic heterocycles. The van der Waals surface area contributed by atoms with Gasteiger partial charge in [-0.15, -0.1) is 0 Å². The first-order valence-electron chi connectivity index (χ1n) is 6.65. The molecule has 2 aromatic rings. The van der Waals surface area contributed by atoms with Gasteiger partial charge in [0, 0.05) is 6.54 Å². The van der Waals surface area contributed by atoms with Crippen LogP contribution in [-0.2, 0) is 11.2 Å². The molecule has 0 aliphatic carbocycles. The van der Waals surface area contributed by atoms with E-state index in [0.29, 0.717) is 11.7 Å². The summed E-state index contributed by atoms with van der Waals surface area (Å²) >= 11 is 1.18. The summed E-state index contributed by atoms with van der Waals surface area (Å²) in [6, 6.07) is 11.8. The maximum Gasteiger partial charge on any atom is 0.230 e. The van der Waals surface area contributed by atoms with Gasteiger partial charge in [-0.3, -0.25) is 4.79 Å². The maximum absolute atomic E-state index is 11.7. The molecule has 3 N–H and O–H groups in total. The lowest BCUT2D eigenvalue weighted by Gasteiger charge is -2.05. The van der Waals surface area contributed by atoms with Crippen molar-refractivity contribution < 1.29 is 4.79 Å². The first-order chi connectivity index (χ1) is 10.7. The Bertz CT molecular complexity index is 684. The van der Waals surface area contributed by atoms with Gasteiger partial charge in [-0.25, -0.2) is 9.97 Å². The first-order valence-corrected chi connectivity index (χ1v) is 7.63. The largest absolute Gasteiger partial charge is 0.382 e. The van der Waals surface area contributed by atoms with Crippen LogP contribution in [0.2, 0.25) is 0 Å². The zero-order valence-electron chi connectivity index (χ0n) is 11.8. The third-order valence-electron chi connectivity index (χ3n) is 2.83. The standard InChI is InChI=1S/C15H15N5OS/c16-8-12-9-19-15(20-14(12)17)22-10-13(21)18-7-6-11-4-2-1-3-5-11/h1-5,9H,6-7,10H2,(H,18,21)(H2,17,19,20). The molecule has 1 amide bonds. The molecule has 22 heavy (non-hydrogen) atoms. The number of amides is 1. The van der Waals surface area contributed by atoms with Crippen molar-refractivity contribution in [2.45, 2.75) is 11.6 Å². The van der Waals surface area contributed by atoms with Crippen LogP contribution in [0.25, 0.3) is 0 Å². The van der Waals surface area contributed by atoms with E-state index in [9.17, 15) is 4.79 Å². The molecule has 0 bridgehead atoms. The number of hydrogen-bond acceptors (Lipinski definition) is 6. The van der Waals surface area contributed by atoms with Crippen LogP contribution in [0, 0.1) is 11.3 Å². The second kappa shape index (κ2) is 8.00. The minimum absolute atomic E-state index is 0.0903. The van der Waals surface area contributed by atoms with Crippen molar-refractivity contribution >= 4 is 23.5 Å². The third kappa shape index (κ3) is 4.75. The van der Waals surface area contributed by atoms with Crippen molar-refractivity contribution in [2.24, 2.45) is 0 Å². The first kappa shape index (κ1) is 15.8. The molecular formula is C15H15N5OS. The van der Waals surface area contributed by atoms with E-state index in [1.54, 1.807) is 0 Å². The Morgan fingerprint density at radius 3 is 2.82 bits per heavy atom. The lowest BCUT2D eigenvalue weighted by atomic mass is 10.1. The van der Waals surface area contributed by atoms with Gasteiger partial charge in [-0.1, -0.05) is 42.1 Å². The molecule has 0 radical (unpaired) electrons. The van der Waals surface area contributed by atoms with Crippen LogP contribution in [0.15, 0.2) is 41.7 Å². The molecule has 0 atom stereocenters. The van der Waals surface area contributed by atoms with E-state index in [1.165, 1.54) is 23.5 Å². The second-order valence-corrected chi connectivity index (χ2v) is 5.38. The third-order valence-corrected chi connectivity index (χ3v) is 3.69. The molecule has 0 unspecified atom stereocenters. The molecule has 0 saturated carbocycles. The van der Waals surface area contributed by atoms with Gasteiger partial charge < -0.3 is 11.1 Å². The summed E-state index contributed by atoms with van der Waals surface area (Å²) in [5.41, 5.74) is 7.01. The molecule has 1 aromatic carbocycles. The van der Waals surface area contributed by atoms with Crippen LogP contribution in [0.4, 0.5) is 5.82 Å². The van der Waals surface area contributed by atoms with Crippen molar-refractivity contribution in [2.75, 3.05) is 18.0 Å². The number of rotatable bonds is 6. The number of benzene rings is 1. The quantitative estimate of drug-likeness (QED) is 0.616. The average molecular weight is 313 g/mol. The highest BCUT2D eigenvalue weighted by molar-refractivity contribution is 7.99. The molecule has 6 nitrogen and oxygen atoms in total. The van der Waals surface area contributed by atoms with Gasteiger partial charge in [0.1, 0.15) is 17.5 Å². The van der Waals surface area contributed by atoms with Crippen LogP contribution < -0.4 is 11.1 Å². The molecule has 0 spiro atoms. The Balaban J connectivity index is 1.74. The van der Waals surface area contributed by atoms with Gasteiger partial charge in [0.05, 0.1) is 11.9 Å². The van der Waals surface area contributed by atoms with E-state index >= 15 is 0 Å². The smallest absolute Gasteiger partial charge is 0.230 e. The predicted octanol–water partition coefficient (Wildman–Crippen LogP) is 1.38. The summed E-state index contributed by atoms with van der Waals surface area (Å²) in [6.07, 6.45) is 2.15. The number of thioether (sulfide) groups is 1. The van der Waals surface area contributed by atoms with E-state index in [0.717, 1.165) is 6.42 Å². The lowest BCUT2D eigenvalue weighted by molar-refractivity contribution is -0.118. The SMILES string of the molecule is N#Cc1cnc(SCC(=O)NCCc2ccccc2)nc1N. The summed E-state index contributed by atoms with van der Waals surface area (Å²) in [4.78, 5) is 19.7. The van der Waals surface area contributed by atoms with Crippen molar-refractivity contribution in [1.82, 2.24) is 15.3 Å². The summed E-state index contributed by atoms with van der Waals surface area (Å²) in [5.74, 6) is 0.247. The fourth-order valence-electron chi connectivity index (χ4n) is 1.71. The number of carbonyl (C=O) groups excluding carboxylic acids is 1. The summed E-state index contributed by atoms with van der Waals surface area (Å²) in [6.45, 7) is 0.583. The zero-order valence-corrected chi connectivity index (χ0v) is 12.6. The number of hydrogen-bond donors (Lipinski definition) is 2. The van der Waals surface area contributed by atoms with Crippen LogP contribution >= 0.6 is 11.8 Å². The van der Waals surface area contributed by atoms with Gasteiger partial charge in [0.15, 0.2) is 5.16 Å². The molecule has 2 rings (SSSR count). The molecule has 7 heteroatoms. The van der Waals surface area contributed by atoms with Crippen molar-refractivity contribution in [1.29, 1.82) is 5.26 Å². The van der Waals surface area contributed by atoms with Gasteiger partial charge in [-0.05, 0) is 12.0 Å². The Morgan fingerprint density at radius 2 is 2.14 bits per heavy atom. The van der Waals surface area contributed by atoms with Crippen LogP contribution in [0.3, 0.4) is 0 Å². The normalized spacial score (nSPS) is 9.95. The lowest BCUT2D eigenvalue weighted by Crippen LogP contribution is -2.27. The van der Waals surface area contributed by atoms with E-state index in [-0.39, 0.29) is 23.0 Å². The van der Waals surface area contributed by atoms with Crippen molar-refractivity contribution in [3.8, 4) is 6.07 Å². The average Bonchev–Trinajstić information content (AvgIpc) is 2.54. The zero-order chi connectivity index (χ0) is 15.8. The minimum Gasteiger partial charge on any atom is -0.382 e. The summed E-state index contributed by atoms with van der Waals surface area (Å²) in [5, 5.41) is 12.0. The van der Waals surface area contributed by atoms with E-state index < -0.39 is 0 Å². The number of nitrogens with zero attached hydrogens (tertiary/aromatic N) is 3. The fourth-order valence-corrected chi connectivity index (χ4v) is 2.36. The number of nitrogens with one attached hydrogen (secondary N) is 1. The van der Waals surface area contributed by atoms with Gasteiger partial charge in [-0.2, -0.15) is 5.26 Å². The second-order valence-electron chi connectivity index (χ2n) is 4.44. The molecule has 0 saturated heterocycles. The molecule has 0 aliphatic rings. The molecule has 112 valence electrons. The highest BCUT2D eigenvalue weighted by Gasteiger charge is 2.07. The van der Waals surface area contributed by atoms with E-state index in [4.69, 9.17) is 11.0 Å².